The van der Waals surface area contributed by atoms with Crippen LogP contribution >= 0.6 is 0 Å². The predicted octanol–water partition coefficient (Wildman–Crippen LogP) is 15.6. The van der Waals surface area contributed by atoms with Crippen molar-refractivity contribution in [2.24, 2.45) is 0 Å². The molecule has 0 fully saturated rings. The summed E-state index contributed by atoms with van der Waals surface area (Å²) in [6.45, 7) is 14.4. The third-order valence-corrected chi connectivity index (χ3v) is 12.1. The Hall–Kier alpha value is -6.35. The van der Waals surface area contributed by atoms with Crippen LogP contribution in [0.3, 0.4) is 0 Å². The molecule has 0 saturated carbocycles. The van der Waals surface area contributed by atoms with Gasteiger partial charge in [0.05, 0.1) is 22.3 Å². The largest absolute Gasteiger partial charge is 0.507 e. The van der Waals surface area contributed by atoms with Gasteiger partial charge in [-0.2, -0.15) is 0 Å². The molecule has 0 atom stereocenters. The summed E-state index contributed by atoms with van der Waals surface area (Å²) in [5, 5.41) is 11.8. The monoisotopic (exact) mass is 1020 g/mol. The van der Waals surface area contributed by atoms with Gasteiger partial charge in [-0.25, -0.2) is 4.98 Å². The molecule has 0 aliphatic heterocycles. The number of benzene rings is 7. The predicted molar refractivity (Wildman–Crippen MR) is 264 cm³/mol. The Bertz CT molecular complexity index is 3290. The van der Waals surface area contributed by atoms with Crippen molar-refractivity contribution >= 4 is 11.0 Å². The minimum Gasteiger partial charge on any atom is -0.507 e. The quantitative estimate of drug-likeness (QED) is 0.154. The molecule has 0 bridgehead atoms. The Balaban J connectivity index is 0.00000608. The van der Waals surface area contributed by atoms with E-state index < -0.39 is 6.85 Å². The molecule has 322 valence electrons. The van der Waals surface area contributed by atoms with Gasteiger partial charge in [-0.15, -0.1) is 23.8 Å². The van der Waals surface area contributed by atoms with Crippen molar-refractivity contribution in [2.45, 2.75) is 73.6 Å². The van der Waals surface area contributed by atoms with Gasteiger partial charge in [-0.3, -0.25) is 9.55 Å². The van der Waals surface area contributed by atoms with Crippen molar-refractivity contribution in [3.63, 3.8) is 0 Å². The maximum Gasteiger partial charge on any atom is 0.148 e. The second kappa shape index (κ2) is 17.7. The smallest absolute Gasteiger partial charge is 0.148 e. The summed E-state index contributed by atoms with van der Waals surface area (Å²) < 4.78 is 29.0. The van der Waals surface area contributed by atoms with Gasteiger partial charge >= 0.3 is 0 Å². The van der Waals surface area contributed by atoms with Crippen LogP contribution in [0.1, 0.15) is 78.0 Å². The topological polar surface area (TPSA) is 50.9 Å². The maximum absolute atomic E-state index is 11.8. The number of fused-ring (bicyclic) bond motifs is 1. The van der Waals surface area contributed by atoms with Gasteiger partial charge in [-0.1, -0.05) is 160 Å². The van der Waals surface area contributed by atoms with E-state index in [-0.39, 0.29) is 43.7 Å². The minimum absolute atomic E-state index is 0. The fourth-order valence-electron chi connectivity index (χ4n) is 8.52. The minimum atomic E-state index is -2.50. The molecule has 1 N–H and O–H groups in total. The van der Waals surface area contributed by atoms with E-state index in [9.17, 15) is 5.11 Å². The maximum atomic E-state index is 11.8. The summed E-state index contributed by atoms with van der Waals surface area (Å²) in [5.41, 5.74) is 16.8. The number of hydrogen-bond donors (Lipinski definition) is 1. The number of pyridine rings is 1. The van der Waals surface area contributed by atoms with Crippen LogP contribution in [0.15, 0.2) is 152 Å². The molecule has 2 heterocycles. The van der Waals surface area contributed by atoms with Gasteiger partial charge < -0.3 is 5.11 Å². The van der Waals surface area contributed by atoms with E-state index in [1.165, 1.54) is 16.7 Å². The standard InChI is InChI=1S/C59H54N3O.Pt/c1-36(2)45-29-47(34-50(33-45)59(7,8)9)43-22-23-54(39(5)28-43)62-55-17-13-16-51(56(55)61-58(62)52-27-38(4)26-40(6)57(52)63)48-30-46(41-14-11-10-12-15-41)31-49(32-48)53-35-44(24-25-60-53)42-20-18-37(3)19-21-42;/h10-31,33-36,63H,1-9H3;/q-1;/i5D3;. The molecule has 0 saturated heterocycles. The number of aromatic nitrogens is 3. The van der Waals surface area contributed by atoms with Gasteiger partial charge in [0.15, 0.2) is 0 Å². The first-order chi connectivity index (χ1) is 31.4. The third kappa shape index (κ3) is 8.65. The molecule has 0 aliphatic rings. The average molecular weight is 1020 g/mol. The third-order valence-electron chi connectivity index (χ3n) is 12.1. The number of para-hydroxylation sites is 1. The molecule has 0 spiro atoms. The number of rotatable bonds is 8. The van der Waals surface area contributed by atoms with Gasteiger partial charge in [0, 0.05) is 37.1 Å². The summed E-state index contributed by atoms with van der Waals surface area (Å²) in [4.78, 5) is 10.3. The normalized spacial score (nSPS) is 12.5. The number of phenolic OH excluding ortho intramolecular Hbond substituents is 1. The number of hydrogen-bond acceptors (Lipinski definition) is 3. The number of aryl methyl sites for hydroxylation is 4. The SMILES string of the molecule is [2H]C([2H])([2H])c1cc(-c2cc(C(C)C)cc(C(C)(C)C)c2)ccc1-n1c(-c2cc(C)cc(C)c2O)nc2c(-c3[c-]c(-c4cc(-c5ccc(C)cc5)ccn4)cc(-c4ccccc4)c3)cccc21.[Pt]. The van der Waals surface area contributed by atoms with E-state index in [4.69, 9.17) is 14.1 Å². The van der Waals surface area contributed by atoms with E-state index in [0.29, 0.717) is 33.7 Å². The number of aromatic hydroxyl groups is 1. The first kappa shape index (κ1) is 40.4. The van der Waals surface area contributed by atoms with Crippen LogP contribution in [0.5, 0.6) is 5.75 Å². The van der Waals surface area contributed by atoms with Gasteiger partial charge in [0.2, 0.25) is 0 Å². The number of phenols is 1. The fourth-order valence-corrected chi connectivity index (χ4v) is 8.52. The second-order valence-electron chi connectivity index (χ2n) is 18.3. The average Bonchev–Trinajstić information content (AvgIpc) is 3.69. The Morgan fingerprint density at radius 2 is 1.33 bits per heavy atom. The van der Waals surface area contributed by atoms with Crippen molar-refractivity contribution < 1.29 is 30.3 Å². The van der Waals surface area contributed by atoms with Crippen LogP contribution in [-0.4, -0.2) is 19.6 Å². The molecule has 0 aliphatic carbocycles. The van der Waals surface area contributed by atoms with Crippen LogP contribution in [-0.2, 0) is 26.5 Å². The van der Waals surface area contributed by atoms with E-state index >= 15 is 0 Å². The Morgan fingerprint density at radius 3 is 2.06 bits per heavy atom. The van der Waals surface area contributed by atoms with Gasteiger partial charge in [0.1, 0.15) is 11.6 Å². The van der Waals surface area contributed by atoms with Crippen molar-refractivity contribution in [3.8, 4) is 78.6 Å². The molecule has 0 amide bonds. The molecule has 64 heavy (non-hydrogen) atoms. The molecular weight excluding hydrogens is 962 g/mol. The molecule has 5 heteroatoms. The summed E-state index contributed by atoms with van der Waals surface area (Å²) in [5.74, 6) is 0.808. The molecule has 4 nitrogen and oxygen atoms in total. The van der Waals surface area contributed by atoms with Crippen molar-refractivity contribution in [1.82, 2.24) is 14.5 Å². The summed E-state index contributed by atoms with van der Waals surface area (Å²) in [6.07, 6.45) is 1.84. The molecule has 0 radical (unpaired) electrons. The first-order valence-electron chi connectivity index (χ1n) is 23.2. The Labute approximate surface area is 397 Å². The van der Waals surface area contributed by atoms with E-state index in [0.717, 1.165) is 61.3 Å². The van der Waals surface area contributed by atoms with Crippen LogP contribution in [0.25, 0.3) is 83.9 Å². The van der Waals surface area contributed by atoms with Crippen LogP contribution in [0.2, 0.25) is 0 Å². The summed E-state index contributed by atoms with van der Waals surface area (Å²) in [7, 11) is 0. The molecule has 2 aromatic heterocycles. The zero-order chi connectivity index (χ0) is 46.7. The first-order valence-corrected chi connectivity index (χ1v) is 21.7. The van der Waals surface area contributed by atoms with Crippen molar-refractivity contribution in [1.29, 1.82) is 0 Å². The molecule has 7 aromatic carbocycles. The van der Waals surface area contributed by atoms with Crippen LogP contribution < -0.4 is 0 Å². The second-order valence-corrected chi connectivity index (χ2v) is 18.3. The van der Waals surface area contributed by atoms with Crippen LogP contribution in [0.4, 0.5) is 0 Å². The fraction of sp³-hybridized carbons (Fsp3) is 0.186. The van der Waals surface area contributed by atoms with E-state index in [1.54, 1.807) is 0 Å². The molecular formula is C59H54N3OPt-. The van der Waals surface area contributed by atoms with Crippen molar-refractivity contribution in [2.75, 3.05) is 0 Å². The van der Waals surface area contributed by atoms with E-state index in [2.05, 4.69) is 120 Å². The zero-order valence-electron chi connectivity index (χ0n) is 40.6. The summed E-state index contributed by atoms with van der Waals surface area (Å²) >= 11 is 0. The molecule has 9 aromatic rings. The van der Waals surface area contributed by atoms with Gasteiger partial charge in [0.25, 0.3) is 0 Å². The Morgan fingerprint density at radius 1 is 0.625 bits per heavy atom. The number of imidazole rings is 1. The summed E-state index contributed by atoms with van der Waals surface area (Å²) in [6, 6.07) is 53.1. The Kier molecular flexibility index (Phi) is 11.2. The number of nitrogens with zero attached hydrogens (tertiary/aromatic N) is 3. The molecule has 0 unspecified atom stereocenters. The molecule has 9 rings (SSSR count). The van der Waals surface area contributed by atoms with E-state index in [1.807, 2.05) is 97.4 Å². The van der Waals surface area contributed by atoms with Crippen molar-refractivity contribution in [3.05, 3.63) is 191 Å². The van der Waals surface area contributed by atoms with Gasteiger partial charge in [-0.05, 0) is 125 Å². The zero-order valence-corrected chi connectivity index (χ0v) is 39.9. The van der Waals surface area contributed by atoms with Crippen LogP contribution in [0, 0.1) is 33.7 Å².